The van der Waals surface area contributed by atoms with Gasteiger partial charge in [0.1, 0.15) is 17.6 Å². The number of likely N-dealkylation sites (tertiary alicyclic amines) is 1. The van der Waals surface area contributed by atoms with Crippen LogP contribution in [-0.2, 0) is 4.79 Å². The van der Waals surface area contributed by atoms with Crippen molar-refractivity contribution in [1.29, 1.82) is 0 Å². The van der Waals surface area contributed by atoms with Crippen LogP contribution in [0, 0.1) is 5.82 Å². The summed E-state index contributed by atoms with van der Waals surface area (Å²) in [5.74, 6) is -0.352. The van der Waals surface area contributed by atoms with Gasteiger partial charge in [-0.1, -0.05) is 12.1 Å². The number of anilines is 1. The van der Waals surface area contributed by atoms with Crippen molar-refractivity contribution in [2.24, 2.45) is 0 Å². The number of nitrogens with one attached hydrogen (secondary N) is 1. The number of hydrogen-bond acceptors (Lipinski definition) is 3. The van der Waals surface area contributed by atoms with Gasteiger partial charge in [-0.15, -0.1) is 0 Å². The van der Waals surface area contributed by atoms with E-state index in [2.05, 4.69) is 5.32 Å². The summed E-state index contributed by atoms with van der Waals surface area (Å²) in [7, 11) is 1.54. The Morgan fingerprint density at radius 3 is 2.76 bits per heavy atom. The van der Waals surface area contributed by atoms with E-state index in [0.717, 1.165) is 6.42 Å². The van der Waals surface area contributed by atoms with Gasteiger partial charge in [0.05, 0.1) is 7.11 Å². The summed E-state index contributed by atoms with van der Waals surface area (Å²) < 4.78 is 18.4. The first-order valence-corrected chi connectivity index (χ1v) is 8.10. The standard InChI is InChI=1S/C19H19FN2O3/c1-25-16-8-2-5-13(11-16)19(24)22-10-4-9-17(22)18(23)21-15-7-3-6-14(20)12-15/h2-3,5-8,11-12,17H,4,9-10H2,1H3,(H,21,23). The Morgan fingerprint density at radius 1 is 1.20 bits per heavy atom. The van der Waals surface area contributed by atoms with Crippen molar-refractivity contribution < 1.29 is 18.7 Å². The third-order valence-corrected chi connectivity index (χ3v) is 4.23. The summed E-state index contributed by atoms with van der Waals surface area (Å²) in [4.78, 5) is 26.9. The molecule has 1 fully saturated rings. The fourth-order valence-corrected chi connectivity index (χ4v) is 3.00. The van der Waals surface area contributed by atoms with Crippen LogP contribution >= 0.6 is 0 Å². The van der Waals surface area contributed by atoms with E-state index in [1.54, 1.807) is 35.2 Å². The molecule has 1 N–H and O–H groups in total. The number of carbonyl (C=O) groups excluding carboxylic acids is 2. The molecule has 130 valence electrons. The number of nitrogens with zero attached hydrogens (tertiary/aromatic N) is 1. The molecule has 0 aliphatic carbocycles. The number of rotatable bonds is 4. The molecule has 0 radical (unpaired) electrons. The van der Waals surface area contributed by atoms with Crippen LogP contribution in [0.5, 0.6) is 5.75 Å². The van der Waals surface area contributed by atoms with E-state index in [4.69, 9.17) is 4.74 Å². The Labute approximate surface area is 145 Å². The maximum atomic E-state index is 13.3. The van der Waals surface area contributed by atoms with Crippen LogP contribution in [0.15, 0.2) is 48.5 Å². The van der Waals surface area contributed by atoms with Crippen molar-refractivity contribution in [2.45, 2.75) is 18.9 Å². The topological polar surface area (TPSA) is 58.6 Å². The first-order chi connectivity index (χ1) is 12.1. The van der Waals surface area contributed by atoms with Gasteiger partial charge < -0.3 is 15.0 Å². The Bertz CT molecular complexity index is 794. The molecule has 1 aliphatic rings. The van der Waals surface area contributed by atoms with Crippen LogP contribution in [0.2, 0.25) is 0 Å². The number of halogens is 1. The van der Waals surface area contributed by atoms with Gasteiger partial charge >= 0.3 is 0 Å². The van der Waals surface area contributed by atoms with Gasteiger partial charge in [0.2, 0.25) is 5.91 Å². The summed E-state index contributed by atoms with van der Waals surface area (Å²) >= 11 is 0. The molecule has 0 bridgehead atoms. The average Bonchev–Trinajstić information content (AvgIpc) is 3.11. The Balaban J connectivity index is 1.75. The molecule has 1 unspecified atom stereocenters. The van der Waals surface area contributed by atoms with E-state index < -0.39 is 11.9 Å². The minimum absolute atomic E-state index is 0.212. The largest absolute Gasteiger partial charge is 0.497 e. The van der Waals surface area contributed by atoms with Crippen molar-refractivity contribution in [3.05, 3.63) is 59.9 Å². The van der Waals surface area contributed by atoms with Gasteiger partial charge in [-0.05, 0) is 49.2 Å². The molecule has 0 saturated carbocycles. The van der Waals surface area contributed by atoms with Crippen molar-refractivity contribution in [2.75, 3.05) is 19.0 Å². The highest BCUT2D eigenvalue weighted by molar-refractivity contribution is 6.01. The first kappa shape index (κ1) is 17.0. The lowest BCUT2D eigenvalue weighted by Crippen LogP contribution is -2.43. The van der Waals surface area contributed by atoms with E-state index >= 15 is 0 Å². The van der Waals surface area contributed by atoms with Crippen molar-refractivity contribution in [3.63, 3.8) is 0 Å². The molecule has 0 aromatic heterocycles. The molecule has 3 rings (SSSR count). The summed E-state index contributed by atoms with van der Waals surface area (Å²) in [5.41, 5.74) is 0.857. The molecule has 1 aliphatic heterocycles. The summed E-state index contributed by atoms with van der Waals surface area (Å²) in [6, 6.07) is 12.0. The van der Waals surface area contributed by atoms with Crippen LogP contribution in [0.1, 0.15) is 23.2 Å². The molecule has 2 amide bonds. The molecule has 0 spiro atoms. The zero-order valence-corrected chi connectivity index (χ0v) is 13.9. The Morgan fingerprint density at radius 2 is 2.00 bits per heavy atom. The van der Waals surface area contributed by atoms with Crippen LogP contribution in [0.25, 0.3) is 0 Å². The second-order valence-electron chi connectivity index (χ2n) is 5.89. The molecule has 1 heterocycles. The van der Waals surface area contributed by atoms with Crippen LogP contribution in [0.4, 0.5) is 10.1 Å². The molecule has 5 nitrogen and oxygen atoms in total. The summed E-state index contributed by atoms with van der Waals surface area (Å²) in [6.45, 7) is 0.511. The molecule has 1 saturated heterocycles. The number of ether oxygens (including phenoxy) is 1. The van der Waals surface area contributed by atoms with Crippen molar-refractivity contribution in [1.82, 2.24) is 4.90 Å². The normalized spacial score (nSPS) is 16.6. The number of methoxy groups -OCH3 is 1. The predicted octanol–water partition coefficient (Wildman–Crippen LogP) is 3.08. The van der Waals surface area contributed by atoms with Gasteiger partial charge in [0.25, 0.3) is 5.91 Å². The average molecular weight is 342 g/mol. The van der Waals surface area contributed by atoms with Crippen LogP contribution in [0.3, 0.4) is 0 Å². The third kappa shape index (κ3) is 3.79. The molecule has 2 aromatic rings. The van der Waals surface area contributed by atoms with Gasteiger partial charge in [0, 0.05) is 17.8 Å². The van der Waals surface area contributed by atoms with Crippen LogP contribution < -0.4 is 10.1 Å². The molecule has 25 heavy (non-hydrogen) atoms. The fraction of sp³-hybridized carbons (Fsp3) is 0.263. The number of carbonyl (C=O) groups is 2. The highest BCUT2D eigenvalue weighted by Gasteiger charge is 2.34. The fourth-order valence-electron chi connectivity index (χ4n) is 3.00. The third-order valence-electron chi connectivity index (χ3n) is 4.23. The van der Waals surface area contributed by atoms with E-state index in [-0.39, 0.29) is 11.8 Å². The predicted molar refractivity (Wildman–Crippen MR) is 92.1 cm³/mol. The highest BCUT2D eigenvalue weighted by atomic mass is 19.1. The second kappa shape index (κ2) is 7.34. The minimum atomic E-state index is -0.568. The van der Waals surface area contributed by atoms with Gasteiger partial charge in [0.15, 0.2) is 0 Å². The first-order valence-electron chi connectivity index (χ1n) is 8.10. The Kier molecular flexibility index (Phi) is 4.97. The summed E-state index contributed by atoms with van der Waals surface area (Å²) in [5, 5.41) is 2.69. The lowest BCUT2D eigenvalue weighted by molar-refractivity contribution is -0.119. The van der Waals surface area contributed by atoms with Crippen molar-refractivity contribution >= 4 is 17.5 Å². The maximum Gasteiger partial charge on any atom is 0.254 e. The highest BCUT2D eigenvalue weighted by Crippen LogP contribution is 2.23. The minimum Gasteiger partial charge on any atom is -0.497 e. The molecular weight excluding hydrogens is 323 g/mol. The van der Waals surface area contributed by atoms with Gasteiger partial charge in [-0.3, -0.25) is 9.59 Å². The van der Waals surface area contributed by atoms with E-state index in [0.29, 0.717) is 30.0 Å². The zero-order chi connectivity index (χ0) is 17.8. The monoisotopic (exact) mass is 342 g/mol. The zero-order valence-electron chi connectivity index (χ0n) is 13.9. The van der Waals surface area contributed by atoms with Crippen molar-refractivity contribution in [3.8, 4) is 5.75 Å². The van der Waals surface area contributed by atoms with E-state index in [9.17, 15) is 14.0 Å². The maximum absolute atomic E-state index is 13.3. The smallest absolute Gasteiger partial charge is 0.254 e. The SMILES string of the molecule is COc1cccc(C(=O)N2CCCC2C(=O)Nc2cccc(F)c2)c1. The number of benzene rings is 2. The second-order valence-corrected chi connectivity index (χ2v) is 5.89. The molecule has 2 aromatic carbocycles. The number of amides is 2. The van der Waals surface area contributed by atoms with Crippen LogP contribution in [-0.4, -0.2) is 36.4 Å². The summed E-state index contributed by atoms with van der Waals surface area (Å²) in [6.07, 6.45) is 1.33. The molecular formula is C19H19FN2O3. The lowest BCUT2D eigenvalue weighted by atomic mass is 10.1. The Hall–Kier alpha value is -2.89. The molecule has 1 atom stereocenters. The number of hydrogen-bond donors (Lipinski definition) is 1. The van der Waals surface area contributed by atoms with E-state index in [1.807, 2.05) is 0 Å². The lowest BCUT2D eigenvalue weighted by Gasteiger charge is -2.24. The van der Waals surface area contributed by atoms with E-state index in [1.165, 1.54) is 25.3 Å². The van der Waals surface area contributed by atoms with Gasteiger partial charge in [-0.25, -0.2) is 4.39 Å². The molecule has 6 heteroatoms. The quantitative estimate of drug-likeness (QED) is 0.929. The van der Waals surface area contributed by atoms with Gasteiger partial charge in [-0.2, -0.15) is 0 Å².